The van der Waals surface area contributed by atoms with Crippen molar-refractivity contribution in [3.05, 3.63) is 53.3 Å². The van der Waals surface area contributed by atoms with Gasteiger partial charge in [-0.25, -0.2) is 4.39 Å². The molecule has 0 radical (unpaired) electrons. The number of benzene rings is 2. The largest absolute Gasteiger partial charge is 0.399 e. The van der Waals surface area contributed by atoms with Crippen molar-refractivity contribution in [2.24, 2.45) is 0 Å². The van der Waals surface area contributed by atoms with Crippen molar-refractivity contribution >= 4 is 17.1 Å². The second-order valence-corrected chi connectivity index (χ2v) is 3.97. The lowest BCUT2D eigenvalue weighted by atomic mass is 10.1. The van der Waals surface area contributed by atoms with Gasteiger partial charge < -0.3 is 11.1 Å². The van der Waals surface area contributed by atoms with Crippen LogP contribution in [0.1, 0.15) is 11.1 Å². The van der Waals surface area contributed by atoms with Crippen molar-refractivity contribution in [3.63, 3.8) is 0 Å². The average molecular weight is 241 g/mol. The average Bonchev–Trinajstić information content (AvgIpc) is 2.34. The summed E-state index contributed by atoms with van der Waals surface area (Å²) in [4.78, 5) is 0. The quantitative estimate of drug-likeness (QED) is 0.793. The van der Waals surface area contributed by atoms with Gasteiger partial charge >= 0.3 is 0 Å². The minimum Gasteiger partial charge on any atom is -0.399 e. The van der Waals surface area contributed by atoms with Crippen LogP contribution in [0, 0.1) is 24.1 Å². The third-order valence-corrected chi connectivity index (χ3v) is 2.67. The van der Waals surface area contributed by atoms with E-state index in [2.05, 4.69) is 5.32 Å². The van der Waals surface area contributed by atoms with Gasteiger partial charge in [0.15, 0.2) is 0 Å². The number of nitrogen functional groups attached to an aromatic ring is 1. The number of nitrogens with one attached hydrogen (secondary N) is 1. The van der Waals surface area contributed by atoms with E-state index in [0.717, 1.165) is 11.3 Å². The Kier molecular flexibility index (Phi) is 3.16. The monoisotopic (exact) mass is 241 g/mol. The van der Waals surface area contributed by atoms with Crippen LogP contribution in [0.3, 0.4) is 0 Å². The Morgan fingerprint density at radius 2 is 2.06 bits per heavy atom. The Morgan fingerprint density at radius 3 is 2.72 bits per heavy atom. The number of hydrogen-bond donors (Lipinski definition) is 2. The normalized spacial score (nSPS) is 9.83. The lowest BCUT2D eigenvalue weighted by Gasteiger charge is -2.10. The molecule has 2 rings (SSSR count). The maximum atomic E-state index is 13.4. The number of rotatable bonds is 2. The lowest BCUT2D eigenvalue weighted by molar-refractivity contribution is 0.624. The Bertz CT molecular complexity index is 629. The van der Waals surface area contributed by atoms with E-state index in [1.165, 1.54) is 6.07 Å². The Hall–Kier alpha value is -2.54. The van der Waals surface area contributed by atoms with Crippen LogP contribution in [0.5, 0.6) is 0 Å². The van der Waals surface area contributed by atoms with Gasteiger partial charge in [0.05, 0.1) is 5.69 Å². The van der Waals surface area contributed by atoms with Gasteiger partial charge in [0.1, 0.15) is 17.4 Å². The molecular formula is C14H12FN3. The van der Waals surface area contributed by atoms with Crippen molar-refractivity contribution in [2.75, 3.05) is 11.1 Å². The Labute approximate surface area is 105 Å². The molecule has 0 spiro atoms. The molecule has 0 bridgehead atoms. The van der Waals surface area contributed by atoms with E-state index < -0.39 is 5.82 Å². The zero-order chi connectivity index (χ0) is 13.1. The van der Waals surface area contributed by atoms with Crippen LogP contribution in [-0.4, -0.2) is 0 Å². The maximum absolute atomic E-state index is 13.4. The summed E-state index contributed by atoms with van der Waals surface area (Å²) in [6, 6.07) is 11.7. The third-order valence-electron chi connectivity index (χ3n) is 2.67. The second-order valence-electron chi connectivity index (χ2n) is 3.97. The van der Waals surface area contributed by atoms with Crippen LogP contribution in [0.2, 0.25) is 0 Å². The van der Waals surface area contributed by atoms with Crippen LogP contribution < -0.4 is 11.1 Å². The van der Waals surface area contributed by atoms with Gasteiger partial charge in [-0.05, 0) is 42.8 Å². The van der Waals surface area contributed by atoms with Crippen molar-refractivity contribution in [1.29, 1.82) is 5.26 Å². The summed E-state index contributed by atoms with van der Waals surface area (Å²) < 4.78 is 13.4. The molecule has 0 amide bonds. The number of anilines is 3. The SMILES string of the molecule is Cc1cc(Nc2cccc(F)c2C#N)ccc1N. The molecule has 0 aliphatic heterocycles. The second kappa shape index (κ2) is 4.76. The highest BCUT2D eigenvalue weighted by atomic mass is 19.1. The number of hydrogen-bond acceptors (Lipinski definition) is 3. The lowest BCUT2D eigenvalue weighted by Crippen LogP contribution is -1.97. The van der Waals surface area contributed by atoms with E-state index in [4.69, 9.17) is 11.0 Å². The van der Waals surface area contributed by atoms with Crippen LogP contribution in [-0.2, 0) is 0 Å². The number of nitrogens with zero attached hydrogens (tertiary/aromatic N) is 1. The number of aryl methyl sites for hydroxylation is 1. The molecule has 0 saturated carbocycles. The molecule has 0 aromatic heterocycles. The molecule has 0 atom stereocenters. The van der Waals surface area contributed by atoms with E-state index in [0.29, 0.717) is 11.4 Å². The molecule has 0 saturated heterocycles. The zero-order valence-electron chi connectivity index (χ0n) is 9.87. The highest BCUT2D eigenvalue weighted by Crippen LogP contribution is 2.24. The molecule has 0 aliphatic rings. The van der Waals surface area contributed by atoms with Crippen molar-refractivity contribution in [1.82, 2.24) is 0 Å². The first-order chi connectivity index (χ1) is 8.61. The fourth-order valence-electron chi connectivity index (χ4n) is 1.65. The summed E-state index contributed by atoms with van der Waals surface area (Å²) in [6.45, 7) is 1.89. The third kappa shape index (κ3) is 2.25. The number of nitrogens with two attached hydrogens (primary N) is 1. The van der Waals surface area contributed by atoms with Crippen molar-refractivity contribution in [3.8, 4) is 6.07 Å². The molecule has 4 heteroatoms. The molecule has 18 heavy (non-hydrogen) atoms. The number of halogens is 1. The van der Waals surface area contributed by atoms with E-state index in [9.17, 15) is 4.39 Å². The summed E-state index contributed by atoms with van der Waals surface area (Å²) in [5, 5.41) is 11.9. The van der Waals surface area contributed by atoms with Crippen molar-refractivity contribution in [2.45, 2.75) is 6.92 Å². The van der Waals surface area contributed by atoms with E-state index in [1.807, 2.05) is 19.1 Å². The van der Waals surface area contributed by atoms with Gasteiger partial charge in [-0.1, -0.05) is 6.07 Å². The van der Waals surface area contributed by atoms with E-state index in [-0.39, 0.29) is 5.56 Å². The van der Waals surface area contributed by atoms with Crippen molar-refractivity contribution < 1.29 is 4.39 Å². The highest BCUT2D eigenvalue weighted by molar-refractivity contribution is 5.68. The molecule has 3 nitrogen and oxygen atoms in total. The molecule has 3 N–H and O–H groups in total. The molecule has 0 heterocycles. The smallest absolute Gasteiger partial charge is 0.143 e. The first-order valence-corrected chi connectivity index (χ1v) is 5.43. The van der Waals surface area contributed by atoms with Crippen LogP contribution in [0.25, 0.3) is 0 Å². The first-order valence-electron chi connectivity index (χ1n) is 5.43. The topological polar surface area (TPSA) is 61.8 Å². The molecule has 2 aromatic carbocycles. The number of nitriles is 1. The Morgan fingerprint density at radius 1 is 1.28 bits per heavy atom. The predicted molar refractivity (Wildman–Crippen MR) is 70.0 cm³/mol. The first kappa shape index (κ1) is 11.9. The van der Waals surface area contributed by atoms with E-state index in [1.54, 1.807) is 24.3 Å². The van der Waals surface area contributed by atoms with Gasteiger partial charge in [0.25, 0.3) is 0 Å². The van der Waals surface area contributed by atoms with Gasteiger partial charge in [-0.2, -0.15) is 5.26 Å². The van der Waals surface area contributed by atoms with Gasteiger partial charge in [-0.3, -0.25) is 0 Å². The van der Waals surface area contributed by atoms with Crippen LogP contribution in [0.4, 0.5) is 21.5 Å². The zero-order valence-corrected chi connectivity index (χ0v) is 9.87. The summed E-state index contributed by atoms with van der Waals surface area (Å²) in [5.74, 6) is -0.533. The summed E-state index contributed by atoms with van der Waals surface area (Å²) in [6.07, 6.45) is 0. The van der Waals surface area contributed by atoms with Gasteiger partial charge in [0.2, 0.25) is 0 Å². The Balaban J connectivity index is 2.37. The summed E-state index contributed by atoms with van der Waals surface area (Å²) >= 11 is 0. The summed E-state index contributed by atoms with van der Waals surface area (Å²) in [7, 11) is 0. The summed E-state index contributed by atoms with van der Waals surface area (Å²) in [5.41, 5.74) is 8.56. The molecule has 2 aromatic rings. The highest BCUT2D eigenvalue weighted by Gasteiger charge is 2.07. The minimum atomic E-state index is -0.533. The van der Waals surface area contributed by atoms with Crippen LogP contribution >= 0.6 is 0 Å². The van der Waals surface area contributed by atoms with Gasteiger partial charge in [0, 0.05) is 11.4 Å². The predicted octanol–water partition coefficient (Wildman–Crippen LogP) is 3.33. The van der Waals surface area contributed by atoms with Crippen LogP contribution in [0.15, 0.2) is 36.4 Å². The molecule has 0 fully saturated rings. The minimum absolute atomic E-state index is 0.00646. The van der Waals surface area contributed by atoms with Gasteiger partial charge in [-0.15, -0.1) is 0 Å². The molecule has 90 valence electrons. The fraction of sp³-hybridized carbons (Fsp3) is 0.0714. The standard InChI is InChI=1S/C14H12FN3/c1-9-7-10(5-6-13(9)17)18-14-4-2-3-12(15)11(14)8-16/h2-7,18H,17H2,1H3. The molecular weight excluding hydrogens is 229 g/mol. The molecule has 0 unspecified atom stereocenters. The fourth-order valence-corrected chi connectivity index (χ4v) is 1.65. The molecule has 0 aliphatic carbocycles. The van der Waals surface area contributed by atoms with E-state index >= 15 is 0 Å². The maximum Gasteiger partial charge on any atom is 0.143 e.